The van der Waals surface area contributed by atoms with Gasteiger partial charge in [-0.25, -0.2) is 4.79 Å². The zero-order chi connectivity index (χ0) is 20.4. The highest BCUT2D eigenvalue weighted by molar-refractivity contribution is 6.00. The van der Waals surface area contributed by atoms with Gasteiger partial charge in [-0.1, -0.05) is 30.3 Å². The SMILES string of the molecule is COc1cccc2cc(/C=C/C(=O)OC(C)C(=O)N3CCc4ccccc43)oc12. The normalized spacial score (nSPS) is 14.2. The van der Waals surface area contributed by atoms with Gasteiger partial charge in [-0.05, 0) is 43.2 Å². The number of anilines is 1. The van der Waals surface area contributed by atoms with Gasteiger partial charge in [0.2, 0.25) is 0 Å². The molecule has 0 radical (unpaired) electrons. The Balaban J connectivity index is 1.41. The third-order valence-corrected chi connectivity index (χ3v) is 4.92. The lowest BCUT2D eigenvalue weighted by atomic mass is 10.2. The van der Waals surface area contributed by atoms with Crippen LogP contribution in [-0.4, -0.2) is 31.6 Å². The summed E-state index contributed by atoms with van der Waals surface area (Å²) in [4.78, 5) is 26.6. The van der Waals surface area contributed by atoms with Gasteiger partial charge in [0, 0.05) is 23.7 Å². The summed E-state index contributed by atoms with van der Waals surface area (Å²) >= 11 is 0. The van der Waals surface area contributed by atoms with Gasteiger partial charge in [0.05, 0.1) is 7.11 Å². The number of fused-ring (bicyclic) bond motifs is 2. The number of hydrogen-bond acceptors (Lipinski definition) is 5. The minimum absolute atomic E-state index is 0.231. The van der Waals surface area contributed by atoms with Gasteiger partial charge >= 0.3 is 5.97 Å². The lowest BCUT2D eigenvalue weighted by Gasteiger charge is -2.21. The first-order valence-corrected chi connectivity index (χ1v) is 9.41. The lowest BCUT2D eigenvalue weighted by molar-refractivity contribution is -0.149. The molecule has 3 aromatic rings. The summed E-state index contributed by atoms with van der Waals surface area (Å²) < 4.78 is 16.3. The van der Waals surface area contributed by atoms with Gasteiger partial charge in [0.1, 0.15) is 5.76 Å². The number of rotatable bonds is 5. The molecule has 148 valence electrons. The quantitative estimate of drug-likeness (QED) is 0.486. The second kappa shape index (κ2) is 7.83. The Morgan fingerprint density at radius 3 is 2.83 bits per heavy atom. The molecule has 2 heterocycles. The van der Waals surface area contributed by atoms with Crippen LogP contribution in [0.1, 0.15) is 18.2 Å². The summed E-state index contributed by atoms with van der Waals surface area (Å²) in [7, 11) is 1.57. The Hall–Kier alpha value is -3.54. The van der Waals surface area contributed by atoms with E-state index in [-0.39, 0.29) is 5.91 Å². The molecule has 1 aromatic heterocycles. The number of para-hydroxylation sites is 2. The summed E-state index contributed by atoms with van der Waals surface area (Å²) in [5, 5.41) is 0.869. The van der Waals surface area contributed by atoms with Crippen LogP contribution in [0.15, 0.2) is 59.0 Å². The number of carbonyl (C=O) groups is 2. The maximum absolute atomic E-state index is 12.7. The molecule has 0 aliphatic carbocycles. The molecule has 1 aliphatic heterocycles. The van der Waals surface area contributed by atoms with Crippen LogP contribution >= 0.6 is 0 Å². The average Bonchev–Trinajstić information content (AvgIpc) is 3.35. The van der Waals surface area contributed by atoms with E-state index >= 15 is 0 Å². The maximum Gasteiger partial charge on any atom is 0.331 e. The van der Waals surface area contributed by atoms with E-state index in [0.29, 0.717) is 23.6 Å². The zero-order valence-corrected chi connectivity index (χ0v) is 16.3. The molecule has 0 saturated carbocycles. The summed E-state index contributed by atoms with van der Waals surface area (Å²) in [5.74, 6) is 0.277. The number of ether oxygens (including phenoxy) is 2. The monoisotopic (exact) mass is 391 g/mol. The zero-order valence-electron chi connectivity index (χ0n) is 16.3. The van der Waals surface area contributed by atoms with Crippen molar-refractivity contribution in [1.29, 1.82) is 0 Å². The molecular formula is C23H21NO5. The largest absolute Gasteiger partial charge is 0.493 e. The molecule has 0 bridgehead atoms. The Morgan fingerprint density at radius 1 is 1.17 bits per heavy atom. The number of furan rings is 1. The number of esters is 1. The molecule has 1 unspecified atom stereocenters. The van der Waals surface area contributed by atoms with E-state index in [2.05, 4.69) is 0 Å². The molecule has 4 rings (SSSR count). The van der Waals surface area contributed by atoms with Crippen molar-refractivity contribution in [2.24, 2.45) is 0 Å². The van der Waals surface area contributed by atoms with E-state index in [1.165, 1.54) is 12.2 Å². The Bertz CT molecular complexity index is 1100. The van der Waals surface area contributed by atoms with Gasteiger partial charge in [-0.3, -0.25) is 4.79 Å². The molecule has 1 aliphatic rings. The van der Waals surface area contributed by atoms with Gasteiger partial charge in [0.15, 0.2) is 17.4 Å². The van der Waals surface area contributed by atoms with Crippen molar-refractivity contribution in [3.8, 4) is 5.75 Å². The summed E-state index contributed by atoms with van der Waals surface area (Å²) in [5.41, 5.74) is 2.62. The number of carbonyl (C=O) groups excluding carboxylic acids is 2. The summed E-state index contributed by atoms with van der Waals surface area (Å²) in [6.07, 6.45) is 2.70. The van der Waals surface area contributed by atoms with E-state index in [4.69, 9.17) is 13.9 Å². The van der Waals surface area contributed by atoms with Crippen LogP contribution in [0, 0.1) is 0 Å². The molecule has 29 heavy (non-hydrogen) atoms. The first-order chi connectivity index (χ1) is 14.1. The van der Waals surface area contributed by atoms with E-state index < -0.39 is 12.1 Å². The van der Waals surface area contributed by atoms with E-state index in [1.807, 2.05) is 36.4 Å². The van der Waals surface area contributed by atoms with Crippen molar-refractivity contribution in [3.05, 3.63) is 65.9 Å². The summed E-state index contributed by atoms with van der Waals surface area (Å²) in [6.45, 7) is 2.18. The van der Waals surface area contributed by atoms with Crippen LogP contribution < -0.4 is 9.64 Å². The van der Waals surface area contributed by atoms with Crippen molar-refractivity contribution >= 4 is 34.6 Å². The number of amides is 1. The van der Waals surface area contributed by atoms with Gasteiger partial charge in [-0.15, -0.1) is 0 Å². The maximum atomic E-state index is 12.7. The highest BCUT2D eigenvalue weighted by Gasteiger charge is 2.29. The summed E-state index contributed by atoms with van der Waals surface area (Å²) in [6, 6.07) is 15.1. The third kappa shape index (κ3) is 3.74. The number of benzene rings is 2. The number of methoxy groups -OCH3 is 1. The van der Waals surface area contributed by atoms with Crippen molar-refractivity contribution in [3.63, 3.8) is 0 Å². The molecular weight excluding hydrogens is 370 g/mol. The Kier molecular flexibility index (Phi) is 5.08. The molecule has 1 amide bonds. The molecule has 1 atom stereocenters. The van der Waals surface area contributed by atoms with Crippen LogP contribution in [0.25, 0.3) is 17.0 Å². The molecule has 0 spiro atoms. The van der Waals surface area contributed by atoms with E-state index in [0.717, 1.165) is 23.1 Å². The fourth-order valence-electron chi connectivity index (χ4n) is 3.50. The molecule has 2 aromatic carbocycles. The number of hydrogen-bond donors (Lipinski definition) is 0. The predicted octanol–water partition coefficient (Wildman–Crippen LogP) is 3.98. The fourth-order valence-corrected chi connectivity index (χ4v) is 3.50. The first kappa shape index (κ1) is 18.8. The third-order valence-electron chi connectivity index (χ3n) is 4.92. The highest BCUT2D eigenvalue weighted by Crippen LogP contribution is 2.29. The second-order valence-electron chi connectivity index (χ2n) is 6.81. The standard InChI is InChI=1S/C23H21NO5/c1-15(23(26)24-13-12-16-6-3-4-8-19(16)24)28-21(25)11-10-18-14-17-7-5-9-20(27-2)22(17)29-18/h3-11,14-15H,12-13H2,1-2H3/b11-10+. The van der Waals surface area contributed by atoms with E-state index in [1.54, 1.807) is 31.1 Å². The van der Waals surface area contributed by atoms with Crippen LogP contribution in [0.4, 0.5) is 5.69 Å². The lowest BCUT2D eigenvalue weighted by Crippen LogP contribution is -2.38. The highest BCUT2D eigenvalue weighted by atomic mass is 16.5. The molecule has 6 nitrogen and oxygen atoms in total. The minimum Gasteiger partial charge on any atom is -0.493 e. The Morgan fingerprint density at radius 2 is 2.00 bits per heavy atom. The van der Waals surface area contributed by atoms with Crippen LogP contribution in [0.5, 0.6) is 5.75 Å². The topological polar surface area (TPSA) is 69.0 Å². The Labute approximate surface area is 168 Å². The van der Waals surface area contributed by atoms with Crippen molar-refractivity contribution in [2.45, 2.75) is 19.4 Å². The van der Waals surface area contributed by atoms with Gasteiger partial charge in [0.25, 0.3) is 5.91 Å². The second-order valence-corrected chi connectivity index (χ2v) is 6.81. The minimum atomic E-state index is -0.880. The van der Waals surface area contributed by atoms with Crippen molar-refractivity contribution in [2.75, 3.05) is 18.6 Å². The predicted molar refractivity (Wildman–Crippen MR) is 110 cm³/mol. The first-order valence-electron chi connectivity index (χ1n) is 9.41. The van der Waals surface area contributed by atoms with Crippen LogP contribution in [0.2, 0.25) is 0 Å². The molecule has 0 saturated heterocycles. The molecule has 6 heteroatoms. The van der Waals surface area contributed by atoms with Crippen molar-refractivity contribution in [1.82, 2.24) is 0 Å². The van der Waals surface area contributed by atoms with Crippen LogP contribution in [-0.2, 0) is 20.7 Å². The fraction of sp³-hybridized carbons (Fsp3) is 0.217. The molecule has 0 N–H and O–H groups in total. The van der Waals surface area contributed by atoms with Crippen molar-refractivity contribution < 1.29 is 23.5 Å². The average molecular weight is 391 g/mol. The van der Waals surface area contributed by atoms with E-state index in [9.17, 15) is 9.59 Å². The van der Waals surface area contributed by atoms with Crippen LogP contribution in [0.3, 0.4) is 0 Å². The van der Waals surface area contributed by atoms with Gasteiger partial charge < -0.3 is 18.8 Å². The van der Waals surface area contributed by atoms with Gasteiger partial charge in [-0.2, -0.15) is 0 Å². The number of nitrogens with zero attached hydrogens (tertiary/aromatic N) is 1. The smallest absolute Gasteiger partial charge is 0.331 e. The molecule has 0 fully saturated rings.